The number of fused-ring (bicyclic) bond motifs is 1. The van der Waals surface area contributed by atoms with Crippen LogP contribution in [0.15, 0.2) is 42.5 Å². The fourth-order valence-corrected chi connectivity index (χ4v) is 3.68. The highest BCUT2D eigenvalue weighted by atomic mass is 35.5. The Balaban J connectivity index is 1.84. The Kier molecular flexibility index (Phi) is 4.19. The van der Waals surface area contributed by atoms with Gasteiger partial charge in [-0.3, -0.25) is 0 Å². The molecule has 2 aromatic carbocycles. The van der Waals surface area contributed by atoms with Gasteiger partial charge < -0.3 is 15.7 Å². The van der Waals surface area contributed by atoms with Crippen LogP contribution in [0.4, 0.5) is 11.5 Å². The standard InChI is InChI=1S/C19H19ClN4O/c20-19-22-17-10-13(12-3-1-4-14(21)9-12)6-7-16(17)18(23-19)24-8-2-5-15(24)11-25/h1,3-4,6-7,9-10,15,25H,2,5,8,11,21H2. The van der Waals surface area contributed by atoms with Gasteiger partial charge >= 0.3 is 0 Å². The zero-order valence-electron chi connectivity index (χ0n) is 13.7. The zero-order chi connectivity index (χ0) is 17.4. The Morgan fingerprint density at radius 1 is 1.16 bits per heavy atom. The molecule has 1 unspecified atom stereocenters. The maximum Gasteiger partial charge on any atom is 0.224 e. The lowest BCUT2D eigenvalue weighted by Crippen LogP contribution is -2.33. The number of aliphatic hydroxyl groups excluding tert-OH is 1. The number of anilines is 2. The van der Waals surface area contributed by atoms with Crippen LogP contribution < -0.4 is 10.6 Å². The van der Waals surface area contributed by atoms with Crippen LogP contribution in [0.2, 0.25) is 5.28 Å². The first kappa shape index (κ1) is 16.1. The van der Waals surface area contributed by atoms with E-state index in [4.69, 9.17) is 17.3 Å². The average molecular weight is 355 g/mol. The normalized spacial score (nSPS) is 17.4. The van der Waals surface area contributed by atoms with Crippen molar-refractivity contribution in [3.05, 3.63) is 47.7 Å². The molecule has 1 atom stereocenters. The summed E-state index contributed by atoms with van der Waals surface area (Å²) < 4.78 is 0. The monoisotopic (exact) mass is 354 g/mol. The number of nitrogens with zero attached hydrogens (tertiary/aromatic N) is 3. The number of hydrogen-bond donors (Lipinski definition) is 2. The minimum atomic E-state index is 0.0859. The summed E-state index contributed by atoms with van der Waals surface area (Å²) in [5, 5.41) is 10.8. The first-order chi connectivity index (χ1) is 12.2. The molecule has 0 bridgehead atoms. The Labute approximate surface area is 151 Å². The predicted molar refractivity (Wildman–Crippen MR) is 102 cm³/mol. The fourth-order valence-electron chi connectivity index (χ4n) is 3.51. The van der Waals surface area contributed by atoms with Crippen LogP contribution in [-0.4, -0.2) is 34.3 Å². The van der Waals surface area contributed by atoms with Crippen LogP contribution >= 0.6 is 11.6 Å². The highest BCUT2D eigenvalue weighted by Crippen LogP contribution is 2.33. The summed E-state index contributed by atoms with van der Waals surface area (Å²) in [6.07, 6.45) is 2.00. The first-order valence-corrected chi connectivity index (χ1v) is 8.74. The average Bonchev–Trinajstić information content (AvgIpc) is 3.09. The number of benzene rings is 2. The topological polar surface area (TPSA) is 75.3 Å². The minimum Gasteiger partial charge on any atom is -0.399 e. The molecular weight excluding hydrogens is 336 g/mol. The molecular formula is C19H19ClN4O. The number of halogens is 1. The van der Waals surface area contributed by atoms with E-state index in [2.05, 4.69) is 14.9 Å². The van der Waals surface area contributed by atoms with Gasteiger partial charge in [-0.2, -0.15) is 4.98 Å². The smallest absolute Gasteiger partial charge is 0.224 e. The lowest BCUT2D eigenvalue weighted by atomic mass is 10.0. The minimum absolute atomic E-state index is 0.0859. The summed E-state index contributed by atoms with van der Waals surface area (Å²) in [6, 6.07) is 13.9. The number of rotatable bonds is 3. The van der Waals surface area contributed by atoms with Gasteiger partial charge in [-0.1, -0.05) is 18.2 Å². The molecule has 25 heavy (non-hydrogen) atoms. The van der Waals surface area contributed by atoms with E-state index < -0.39 is 0 Å². The van der Waals surface area contributed by atoms with E-state index >= 15 is 0 Å². The highest BCUT2D eigenvalue weighted by Gasteiger charge is 2.27. The second kappa shape index (κ2) is 6.50. The summed E-state index contributed by atoms with van der Waals surface area (Å²) in [5.41, 5.74) is 9.47. The maximum atomic E-state index is 9.63. The Hall–Kier alpha value is -2.37. The molecule has 0 amide bonds. The third-order valence-electron chi connectivity index (χ3n) is 4.73. The molecule has 6 heteroatoms. The van der Waals surface area contributed by atoms with E-state index in [9.17, 15) is 5.11 Å². The molecule has 1 fully saturated rings. The van der Waals surface area contributed by atoms with E-state index in [-0.39, 0.29) is 17.9 Å². The molecule has 3 aromatic rings. The van der Waals surface area contributed by atoms with E-state index in [0.717, 1.165) is 52.9 Å². The van der Waals surface area contributed by atoms with Gasteiger partial charge in [-0.15, -0.1) is 0 Å². The third-order valence-corrected chi connectivity index (χ3v) is 4.90. The lowest BCUT2D eigenvalue weighted by Gasteiger charge is -2.25. The predicted octanol–water partition coefficient (Wildman–Crippen LogP) is 3.49. The van der Waals surface area contributed by atoms with Crippen molar-refractivity contribution in [2.24, 2.45) is 0 Å². The van der Waals surface area contributed by atoms with Crippen molar-refractivity contribution >= 4 is 34.0 Å². The van der Waals surface area contributed by atoms with Crippen LogP contribution in [0.25, 0.3) is 22.0 Å². The molecule has 128 valence electrons. The number of nitrogen functional groups attached to an aromatic ring is 1. The molecule has 3 N–H and O–H groups in total. The zero-order valence-corrected chi connectivity index (χ0v) is 14.4. The largest absolute Gasteiger partial charge is 0.399 e. The van der Waals surface area contributed by atoms with Crippen molar-refractivity contribution in [3.63, 3.8) is 0 Å². The number of nitrogens with two attached hydrogens (primary N) is 1. The van der Waals surface area contributed by atoms with Gasteiger partial charge in [0.05, 0.1) is 18.2 Å². The molecule has 1 saturated heterocycles. The summed E-state index contributed by atoms with van der Waals surface area (Å²) in [7, 11) is 0. The SMILES string of the molecule is Nc1cccc(-c2ccc3c(N4CCCC4CO)nc(Cl)nc3c2)c1. The molecule has 1 aromatic heterocycles. The van der Waals surface area contributed by atoms with E-state index in [0.29, 0.717) is 0 Å². The molecule has 1 aliphatic heterocycles. The Morgan fingerprint density at radius 2 is 2.00 bits per heavy atom. The van der Waals surface area contributed by atoms with Crippen molar-refractivity contribution in [3.8, 4) is 11.1 Å². The Bertz CT molecular complexity index is 930. The molecule has 0 aliphatic carbocycles. The lowest BCUT2D eigenvalue weighted by molar-refractivity contribution is 0.266. The Morgan fingerprint density at radius 3 is 2.80 bits per heavy atom. The summed E-state index contributed by atoms with van der Waals surface area (Å²) in [4.78, 5) is 11.0. The quantitative estimate of drug-likeness (QED) is 0.556. The van der Waals surface area contributed by atoms with Gasteiger partial charge in [0, 0.05) is 17.6 Å². The highest BCUT2D eigenvalue weighted by molar-refractivity contribution is 6.28. The van der Waals surface area contributed by atoms with Gasteiger partial charge in [0.1, 0.15) is 5.82 Å². The van der Waals surface area contributed by atoms with E-state index in [1.165, 1.54) is 0 Å². The molecule has 0 saturated carbocycles. The molecule has 4 rings (SSSR count). The molecule has 5 nitrogen and oxygen atoms in total. The van der Waals surface area contributed by atoms with Gasteiger partial charge in [0.2, 0.25) is 5.28 Å². The molecule has 2 heterocycles. The first-order valence-electron chi connectivity index (χ1n) is 8.36. The van der Waals surface area contributed by atoms with E-state index in [1.54, 1.807) is 0 Å². The summed E-state index contributed by atoms with van der Waals surface area (Å²) >= 11 is 6.19. The number of hydrogen-bond acceptors (Lipinski definition) is 5. The maximum absolute atomic E-state index is 9.63. The van der Waals surface area contributed by atoms with Crippen LogP contribution in [0, 0.1) is 0 Å². The summed E-state index contributed by atoms with van der Waals surface area (Å²) in [6.45, 7) is 0.981. The van der Waals surface area contributed by atoms with Crippen LogP contribution in [-0.2, 0) is 0 Å². The van der Waals surface area contributed by atoms with Crippen molar-refractivity contribution in [1.29, 1.82) is 0 Å². The van der Waals surface area contributed by atoms with Crippen molar-refractivity contribution in [2.45, 2.75) is 18.9 Å². The van der Waals surface area contributed by atoms with E-state index in [1.807, 2.05) is 42.5 Å². The second-order valence-electron chi connectivity index (χ2n) is 6.35. The van der Waals surface area contributed by atoms with Gasteiger partial charge in [-0.25, -0.2) is 4.98 Å². The molecule has 1 aliphatic rings. The fraction of sp³-hybridized carbons (Fsp3) is 0.263. The molecule has 0 radical (unpaired) electrons. The van der Waals surface area contributed by atoms with Gasteiger partial charge in [0.15, 0.2) is 0 Å². The summed E-state index contributed by atoms with van der Waals surface area (Å²) in [5.74, 6) is 0.797. The van der Waals surface area contributed by atoms with Crippen molar-refractivity contribution in [2.75, 3.05) is 23.8 Å². The van der Waals surface area contributed by atoms with Crippen LogP contribution in [0.5, 0.6) is 0 Å². The van der Waals surface area contributed by atoms with Crippen LogP contribution in [0.1, 0.15) is 12.8 Å². The van der Waals surface area contributed by atoms with Crippen LogP contribution in [0.3, 0.4) is 0 Å². The number of aliphatic hydroxyl groups is 1. The second-order valence-corrected chi connectivity index (χ2v) is 6.68. The molecule has 0 spiro atoms. The third kappa shape index (κ3) is 3.01. The van der Waals surface area contributed by atoms with Crippen molar-refractivity contribution in [1.82, 2.24) is 9.97 Å². The van der Waals surface area contributed by atoms with Crippen molar-refractivity contribution < 1.29 is 5.11 Å². The van der Waals surface area contributed by atoms with Gasteiger partial charge in [-0.05, 0) is 59.8 Å². The van der Waals surface area contributed by atoms with Gasteiger partial charge in [0.25, 0.3) is 0 Å². The number of aromatic nitrogens is 2.